The molecular formula is C15H12O. The van der Waals surface area contributed by atoms with Crippen molar-refractivity contribution in [1.29, 1.82) is 0 Å². The molecule has 1 nitrogen and oxygen atoms in total. The highest BCUT2D eigenvalue weighted by Crippen LogP contribution is 2.33. The molecule has 0 saturated heterocycles. The first kappa shape index (κ1) is 9.22. The van der Waals surface area contributed by atoms with E-state index in [4.69, 9.17) is 4.74 Å². The van der Waals surface area contributed by atoms with E-state index in [1.54, 1.807) is 0 Å². The van der Waals surface area contributed by atoms with Crippen molar-refractivity contribution in [2.24, 2.45) is 0 Å². The first-order valence-corrected chi connectivity index (χ1v) is 5.35. The summed E-state index contributed by atoms with van der Waals surface area (Å²) in [6.45, 7) is 4.16. The maximum Gasteiger partial charge on any atom is 0.113 e. The van der Waals surface area contributed by atoms with Crippen molar-refractivity contribution in [2.75, 3.05) is 0 Å². The summed E-state index contributed by atoms with van der Waals surface area (Å²) >= 11 is 0. The van der Waals surface area contributed by atoms with Crippen LogP contribution in [0.1, 0.15) is 16.7 Å². The highest BCUT2D eigenvalue weighted by Gasteiger charge is 2.11. The zero-order chi connectivity index (χ0) is 11.0. The van der Waals surface area contributed by atoms with E-state index in [2.05, 4.69) is 49.1 Å². The number of ether oxygens (including phenoxy) is 1. The Labute approximate surface area is 94.7 Å². The molecule has 78 valence electrons. The third-order valence-corrected chi connectivity index (χ3v) is 2.99. The van der Waals surface area contributed by atoms with Crippen molar-refractivity contribution in [2.45, 2.75) is 6.61 Å². The molecule has 0 saturated carbocycles. The van der Waals surface area contributed by atoms with Crippen LogP contribution in [0.2, 0.25) is 0 Å². The van der Waals surface area contributed by atoms with Crippen LogP contribution in [-0.2, 0) is 11.3 Å². The monoisotopic (exact) mass is 208 g/mol. The predicted octanol–water partition coefficient (Wildman–Crippen LogP) is 3.98. The Balaban J connectivity index is 2.23. The molecule has 1 heteroatoms. The lowest BCUT2D eigenvalue weighted by Crippen LogP contribution is -1.90. The van der Waals surface area contributed by atoms with E-state index in [-0.39, 0.29) is 0 Å². The van der Waals surface area contributed by atoms with Crippen molar-refractivity contribution in [3.63, 3.8) is 0 Å². The van der Waals surface area contributed by atoms with E-state index < -0.39 is 0 Å². The number of rotatable bonds is 3. The molecule has 0 fully saturated rings. The van der Waals surface area contributed by atoms with E-state index in [0.29, 0.717) is 6.61 Å². The minimum atomic E-state index is 0.587. The van der Waals surface area contributed by atoms with Gasteiger partial charge in [-0.2, -0.15) is 0 Å². The van der Waals surface area contributed by atoms with Crippen molar-refractivity contribution in [3.05, 3.63) is 59.9 Å². The van der Waals surface area contributed by atoms with Crippen LogP contribution in [0.4, 0.5) is 0 Å². The Morgan fingerprint density at radius 3 is 2.69 bits per heavy atom. The molecule has 0 amide bonds. The molecule has 2 aromatic carbocycles. The van der Waals surface area contributed by atoms with Crippen molar-refractivity contribution in [1.82, 2.24) is 0 Å². The Morgan fingerprint density at radius 1 is 1.06 bits per heavy atom. The number of hydrogen-bond acceptors (Lipinski definition) is 1. The van der Waals surface area contributed by atoms with Crippen LogP contribution in [0.25, 0.3) is 22.9 Å². The molecule has 0 aromatic heterocycles. The smallest absolute Gasteiger partial charge is 0.113 e. The van der Waals surface area contributed by atoms with Gasteiger partial charge in [0.1, 0.15) is 6.61 Å². The average molecular weight is 208 g/mol. The van der Waals surface area contributed by atoms with Gasteiger partial charge >= 0.3 is 0 Å². The maximum atomic E-state index is 5.27. The third-order valence-electron chi connectivity index (χ3n) is 2.99. The van der Waals surface area contributed by atoms with Gasteiger partial charge in [-0.05, 0) is 27.5 Å². The second-order valence-corrected chi connectivity index (χ2v) is 3.89. The Bertz CT molecular complexity index is 581. The molecule has 1 aliphatic rings. The van der Waals surface area contributed by atoms with Gasteiger partial charge in [0.05, 0.1) is 6.26 Å². The van der Waals surface area contributed by atoms with Gasteiger partial charge in [0.2, 0.25) is 0 Å². The second-order valence-electron chi connectivity index (χ2n) is 3.89. The Morgan fingerprint density at radius 2 is 1.88 bits per heavy atom. The van der Waals surface area contributed by atoms with Gasteiger partial charge in [-0.3, -0.25) is 0 Å². The van der Waals surface area contributed by atoms with Crippen LogP contribution in [-0.4, -0.2) is 0 Å². The van der Waals surface area contributed by atoms with E-state index in [1.165, 1.54) is 33.7 Å². The van der Waals surface area contributed by atoms with Crippen LogP contribution < -0.4 is 0 Å². The summed E-state index contributed by atoms with van der Waals surface area (Å²) in [5.41, 5.74) is 3.81. The first-order chi connectivity index (χ1) is 7.90. The number of benzene rings is 2. The predicted molar refractivity (Wildman–Crippen MR) is 67.9 cm³/mol. The van der Waals surface area contributed by atoms with Crippen LogP contribution in [0.3, 0.4) is 0 Å². The fourth-order valence-electron chi connectivity index (χ4n) is 2.26. The van der Waals surface area contributed by atoms with Crippen molar-refractivity contribution >= 4 is 22.9 Å². The molecular weight excluding hydrogens is 196 g/mol. The lowest BCUT2D eigenvalue weighted by atomic mass is 10.00. The van der Waals surface area contributed by atoms with Gasteiger partial charge in [-0.15, -0.1) is 0 Å². The minimum Gasteiger partial charge on any atom is -0.497 e. The molecule has 1 aliphatic carbocycles. The molecule has 16 heavy (non-hydrogen) atoms. The van der Waals surface area contributed by atoms with Gasteiger partial charge < -0.3 is 4.74 Å². The minimum absolute atomic E-state index is 0.587. The molecule has 0 aliphatic heterocycles. The van der Waals surface area contributed by atoms with Crippen LogP contribution in [0, 0.1) is 0 Å². The Kier molecular flexibility index (Phi) is 2.03. The fraction of sp³-hybridized carbons (Fsp3) is 0.0667. The molecule has 2 aromatic rings. The van der Waals surface area contributed by atoms with Gasteiger partial charge in [-0.25, -0.2) is 0 Å². The molecule has 0 bridgehead atoms. The quantitative estimate of drug-likeness (QED) is 0.591. The van der Waals surface area contributed by atoms with Gasteiger partial charge in [0.25, 0.3) is 0 Å². The van der Waals surface area contributed by atoms with E-state index in [1.807, 2.05) is 0 Å². The van der Waals surface area contributed by atoms with E-state index >= 15 is 0 Å². The summed E-state index contributed by atoms with van der Waals surface area (Å²) in [6, 6.07) is 10.7. The summed E-state index contributed by atoms with van der Waals surface area (Å²) in [7, 11) is 0. The maximum absolute atomic E-state index is 5.27. The summed E-state index contributed by atoms with van der Waals surface area (Å²) < 4.78 is 5.27. The zero-order valence-electron chi connectivity index (χ0n) is 8.94. The molecule has 0 unspecified atom stereocenters. The lowest BCUT2D eigenvalue weighted by Gasteiger charge is -2.08. The molecule has 0 radical (unpaired) electrons. The molecule has 3 rings (SSSR count). The van der Waals surface area contributed by atoms with Gasteiger partial charge in [-0.1, -0.05) is 49.1 Å². The zero-order valence-corrected chi connectivity index (χ0v) is 8.94. The van der Waals surface area contributed by atoms with E-state index in [9.17, 15) is 0 Å². The van der Waals surface area contributed by atoms with E-state index in [0.717, 1.165) is 0 Å². The highest BCUT2D eigenvalue weighted by atomic mass is 16.5. The molecule has 0 N–H and O–H groups in total. The van der Waals surface area contributed by atoms with Crippen molar-refractivity contribution in [3.8, 4) is 0 Å². The number of hydrogen-bond donors (Lipinski definition) is 0. The summed E-state index contributed by atoms with van der Waals surface area (Å²) in [4.78, 5) is 0. The first-order valence-electron chi connectivity index (χ1n) is 5.35. The SMILES string of the molecule is C=COCc1ccc2c3c(cccc13)C=C2. The average Bonchev–Trinajstić information content (AvgIpc) is 2.74. The molecule has 0 spiro atoms. The molecule has 0 atom stereocenters. The van der Waals surface area contributed by atoms with Crippen LogP contribution in [0.5, 0.6) is 0 Å². The van der Waals surface area contributed by atoms with Crippen molar-refractivity contribution < 1.29 is 4.74 Å². The normalized spacial score (nSPS) is 12.0. The lowest BCUT2D eigenvalue weighted by molar-refractivity contribution is 0.239. The summed E-state index contributed by atoms with van der Waals surface area (Å²) in [6.07, 6.45) is 5.81. The topological polar surface area (TPSA) is 9.23 Å². The third kappa shape index (κ3) is 1.25. The highest BCUT2D eigenvalue weighted by molar-refractivity contribution is 6.05. The summed E-state index contributed by atoms with van der Waals surface area (Å²) in [5, 5.41) is 2.62. The Hall–Kier alpha value is -2.02. The molecule has 0 heterocycles. The summed E-state index contributed by atoms with van der Waals surface area (Å²) in [5.74, 6) is 0. The second kappa shape index (κ2) is 3.53. The fourth-order valence-corrected chi connectivity index (χ4v) is 2.26. The van der Waals surface area contributed by atoms with Crippen LogP contribution >= 0.6 is 0 Å². The standard InChI is InChI=1S/C15H12O/c1-2-16-10-13-9-8-12-7-6-11-4-3-5-14(13)15(11)12/h2-9H,1,10H2. The van der Waals surface area contributed by atoms with Gasteiger partial charge in [0, 0.05) is 0 Å². The largest absolute Gasteiger partial charge is 0.497 e. The van der Waals surface area contributed by atoms with Gasteiger partial charge in [0.15, 0.2) is 0 Å². The van der Waals surface area contributed by atoms with Crippen LogP contribution in [0.15, 0.2) is 43.2 Å².